The molecule has 0 atom stereocenters. The number of piperazine rings is 1. The summed E-state index contributed by atoms with van der Waals surface area (Å²) < 4.78 is 27.7. The molecule has 1 heterocycles. The minimum Gasteiger partial charge on any atom is -0.339 e. The number of hydrogen-bond donors (Lipinski definition) is 0. The molecule has 0 spiro atoms. The summed E-state index contributed by atoms with van der Waals surface area (Å²) in [7, 11) is -3.58. The van der Waals surface area contributed by atoms with Crippen molar-refractivity contribution in [3.05, 3.63) is 71.8 Å². The molecule has 0 bridgehead atoms. The van der Waals surface area contributed by atoms with Gasteiger partial charge in [0.15, 0.2) is 0 Å². The van der Waals surface area contributed by atoms with E-state index in [0.29, 0.717) is 36.8 Å². The summed E-state index contributed by atoms with van der Waals surface area (Å²) in [6.45, 7) is 5.57. The van der Waals surface area contributed by atoms with E-state index in [4.69, 9.17) is 0 Å². The van der Waals surface area contributed by atoms with Gasteiger partial charge in [0.05, 0.1) is 10.6 Å². The number of fused-ring (bicyclic) bond motifs is 1. The van der Waals surface area contributed by atoms with Gasteiger partial charge in [-0.3, -0.25) is 4.79 Å². The molecule has 0 aromatic heterocycles. The SMILES string of the molecule is Cc1ccc(SCC(=O)N2CCN(S(=O)(=O)c3ccc4ccccc4c3)CC2)c(C)c1. The van der Waals surface area contributed by atoms with Crippen LogP contribution in [-0.2, 0) is 14.8 Å². The lowest BCUT2D eigenvalue weighted by molar-refractivity contribution is -0.129. The molecular formula is C24H26N2O3S2. The molecule has 0 aliphatic carbocycles. The second-order valence-corrected chi connectivity index (χ2v) is 10.8. The molecule has 0 unspecified atom stereocenters. The van der Waals surface area contributed by atoms with Gasteiger partial charge < -0.3 is 4.90 Å². The van der Waals surface area contributed by atoms with Crippen LogP contribution in [0.15, 0.2) is 70.5 Å². The molecule has 3 aromatic carbocycles. The Hall–Kier alpha value is -2.35. The Kier molecular flexibility index (Phi) is 6.36. The molecule has 1 saturated heterocycles. The molecule has 1 amide bonds. The van der Waals surface area contributed by atoms with Crippen LogP contribution in [0.4, 0.5) is 0 Å². The van der Waals surface area contributed by atoms with Crippen LogP contribution >= 0.6 is 11.8 Å². The van der Waals surface area contributed by atoms with E-state index >= 15 is 0 Å². The Bertz CT molecular complexity index is 1220. The smallest absolute Gasteiger partial charge is 0.243 e. The Balaban J connectivity index is 1.37. The molecule has 4 rings (SSSR count). The van der Waals surface area contributed by atoms with E-state index in [1.165, 1.54) is 27.2 Å². The van der Waals surface area contributed by atoms with Gasteiger partial charge in [-0.05, 0) is 48.4 Å². The lowest BCUT2D eigenvalue weighted by Crippen LogP contribution is -2.50. The first-order chi connectivity index (χ1) is 14.8. The minimum atomic E-state index is -3.58. The molecule has 0 radical (unpaired) electrons. The van der Waals surface area contributed by atoms with Gasteiger partial charge in [-0.1, -0.05) is 48.0 Å². The molecule has 7 heteroatoms. The van der Waals surface area contributed by atoms with Crippen molar-refractivity contribution in [3.8, 4) is 0 Å². The number of nitrogens with zero attached hydrogens (tertiary/aromatic N) is 2. The van der Waals surface area contributed by atoms with Gasteiger partial charge in [-0.2, -0.15) is 4.31 Å². The first kappa shape index (κ1) is 21.9. The zero-order chi connectivity index (χ0) is 22.0. The van der Waals surface area contributed by atoms with E-state index in [1.54, 1.807) is 17.0 Å². The number of thioether (sulfide) groups is 1. The van der Waals surface area contributed by atoms with Gasteiger partial charge in [0.2, 0.25) is 15.9 Å². The van der Waals surface area contributed by atoms with E-state index in [-0.39, 0.29) is 5.91 Å². The van der Waals surface area contributed by atoms with Crippen molar-refractivity contribution < 1.29 is 13.2 Å². The fourth-order valence-electron chi connectivity index (χ4n) is 3.85. The summed E-state index contributed by atoms with van der Waals surface area (Å²) in [5.74, 6) is 0.411. The monoisotopic (exact) mass is 454 g/mol. The fourth-order valence-corrected chi connectivity index (χ4v) is 6.22. The number of aryl methyl sites for hydroxylation is 2. The highest BCUT2D eigenvalue weighted by Gasteiger charge is 2.30. The maximum absolute atomic E-state index is 13.1. The van der Waals surface area contributed by atoms with Crippen molar-refractivity contribution in [3.63, 3.8) is 0 Å². The predicted molar refractivity (Wildman–Crippen MR) is 126 cm³/mol. The summed E-state index contributed by atoms with van der Waals surface area (Å²) in [5.41, 5.74) is 2.38. The van der Waals surface area contributed by atoms with Gasteiger partial charge in [0.25, 0.3) is 0 Å². The number of hydrogen-bond acceptors (Lipinski definition) is 4. The third-order valence-electron chi connectivity index (χ3n) is 5.63. The lowest BCUT2D eigenvalue weighted by atomic mass is 10.1. The Labute approximate surface area is 188 Å². The summed E-state index contributed by atoms with van der Waals surface area (Å²) in [4.78, 5) is 15.8. The van der Waals surface area contributed by atoms with E-state index in [1.807, 2.05) is 30.3 Å². The number of carbonyl (C=O) groups is 1. The Morgan fingerprint density at radius 3 is 2.32 bits per heavy atom. The summed E-state index contributed by atoms with van der Waals surface area (Å²) in [6.07, 6.45) is 0. The Morgan fingerprint density at radius 1 is 0.903 bits per heavy atom. The third kappa shape index (κ3) is 4.79. The average Bonchev–Trinajstić information content (AvgIpc) is 2.78. The van der Waals surface area contributed by atoms with Crippen LogP contribution in [0.3, 0.4) is 0 Å². The molecule has 31 heavy (non-hydrogen) atoms. The van der Waals surface area contributed by atoms with E-state index in [2.05, 4.69) is 32.0 Å². The first-order valence-electron chi connectivity index (χ1n) is 10.3. The maximum Gasteiger partial charge on any atom is 0.243 e. The van der Waals surface area contributed by atoms with Crippen molar-refractivity contribution in [1.29, 1.82) is 0 Å². The largest absolute Gasteiger partial charge is 0.339 e. The van der Waals surface area contributed by atoms with Gasteiger partial charge >= 0.3 is 0 Å². The normalized spacial score (nSPS) is 15.4. The average molecular weight is 455 g/mol. The van der Waals surface area contributed by atoms with Crippen molar-refractivity contribution >= 4 is 38.5 Å². The van der Waals surface area contributed by atoms with Crippen LogP contribution in [-0.4, -0.2) is 55.5 Å². The zero-order valence-corrected chi connectivity index (χ0v) is 19.4. The topological polar surface area (TPSA) is 57.7 Å². The Morgan fingerprint density at radius 2 is 1.61 bits per heavy atom. The molecule has 0 N–H and O–H groups in total. The molecule has 162 valence electrons. The van der Waals surface area contributed by atoms with Crippen LogP contribution in [0.25, 0.3) is 10.8 Å². The van der Waals surface area contributed by atoms with Crippen LogP contribution < -0.4 is 0 Å². The lowest BCUT2D eigenvalue weighted by Gasteiger charge is -2.34. The molecule has 3 aromatic rings. The number of sulfonamides is 1. The first-order valence-corrected chi connectivity index (χ1v) is 12.7. The summed E-state index contributed by atoms with van der Waals surface area (Å²) in [6, 6.07) is 19.2. The van der Waals surface area contributed by atoms with Crippen LogP contribution in [0.1, 0.15) is 11.1 Å². The van der Waals surface area contributed by atoms with Crippen LogP contribution in [0, 0.1) is 13.8 Å². The molecule has 1 aliphatic rings. The summed E-state index contributed by atoms with van der Waals surface area (Å²) in [5, 5.41) is 1.92. The summed E-state index contributed by atoms with van der Waals surface area (Å²) >= 11 is 1.54. The van der Waals surface area contributed by atoms with E-state index in [0.717, 1.165) is 15.7 Å². The molecule has 0 saturated carbocycles. The molecule has 5 nitrogen and oxygen atoms in total. The minimum absolute atomic E-state index is 0.0488. The van der Waals surface area contributed by atoms with Crippen LogP contribution in [0.2, 0.25) is 0 Å². The molecule has 1 aliphatic heterocycles. The quantitative estimate of drug-likeness (QED) is 0.545. The highest BCUT2D eigenvalue weighted by Crippen LogP contribution is 2.25. The van der Waals surface area contributed by atoms with Crippen molar-refractivity contribution in [1.82, 2.24) is 9.21 Å². The second-order valence-electron chi connectivity index (χ2n) is 7.85. The fraction of sp³-hybridized carbons (Fsp3) is 0.292. The van der Waals surface area contributed by atoms with E-state index < -0.39 is 10.0 Å². The second kappa shape index (κ2) is 9.02. The number of benzene rings is 3. The molecule has 1 fully saturated rings. The van der Waals surface area contributed by atoms with E-state index in [9.17, 15) is 13.2 Å². The number of carbonyl (C=O) groups excluding carboxylic acids is 1. The van der Waals surface area contributed by atoms with Crippen molar-refractivity contribution in [2.45, 2.75) is 23.6 Å². The van der Waals surface area contributed by atoms with Crippen molar-refractivity contribution in [2.24, 2.45) is 0 Å². The van der Waals surface area contributed by atoms with Gasteiger partial charge in [0, 0.05) is 31.1 Å². The standard InChI is InChI=1S/C24H26N2O3S2/c1-18-7-10-23(19(2)15-18)30-17-24(27)25-11-13-26(14-12-25)31(28,29)22-9-8-20-5-3-4-6-21(20)16-22/h3-10,15-16H,11-14,17H2,1-2H3. The van der Waals surface area contributed by atoms with Gasteiger partial charge in [0.1, 0.15) is 0 Å². The number of rotatable bonds is 5. The number of amides is 1. The van der Waals surface area contributed by atoms with Gasteiger partial charge in [-0.25, -0.2) is 8.42 Å². The van der Waals surface area contributed by atoms with Crippen LogP contribution in [0.5, 0.6) is 0 Å². The highest BCUT2D eigenvalue weighted by molar-refractivity contribution is 8.00. The zero-order valence-electron chi connectivity index (χ0n) is 17.7. The maximum atomic E-state index is 13.1. The predicted octanol–water partition coefficient (Wildman–Crippen LogP) is 4.08. The van der Waals surface area contributed by atoms with Crippen molar-refractivity contribution in [2.75, 3.05) is 31.9 Å². The van der Waals surface area contributed by atoms with Gasteiger partial charge in [-0.15, -0.1) is 11.8 Å². The highest BCUT2D eigenvalue weighted by atomic mass is 32.2. The molecular weight excluding hydrogens is 428 g/mol. The third-order valence-corrected chi connectivity index (χ3v) is 8.69.